The van der Waals surface area contributed by atoms with Crippen LogP contribution in [0.1, 0.15) is 35.7 Å². The van der Waals surface area contributed by atoms with E-state index in [4.69, 9.17) is 5.11 Å². The lowest BCUT2D eigenvalue weighted by Gasteiger charge is -2.33. The molecule has 1 saturated carbocycles. The number of benzene rings is 1. The lowest BCUT2D eigenvalue weighted by molar-refractivity contribution is 0.0696. The fraction of sp³-hybridized carbons (Fsp3) is 0.462. The molecule has 2 N–H and O–H groups in total. The average Bonchev–Trinajstić information content (AvgIpc) is 2.29. The van der Waals surface area contributed by atoms with Crippen LogP contribution in [0.25, 0.3) is 0 Å². The molecule has 2 rings (SSSR count). The maximum Gasteiger partial charge on any atom is 0.335 e. The molecule has 1 aromatic rings. The molecule has 7 heteroatoms. The number of aromatic carboxylic acids is 1. The van der Waals surface area contributed by atoms with Gasteiger partial charge in [0.2, 0.25) is 10.0 Å². The molecule has 5 nitrogen and oxygen atoms in total. The first-order chi connectivity index (χ1) is 9.20. The molecule has 0 aromatic heterocycles. The van der Waals surface area contributed by atoms with E-state index in [1.54, 1.807) is 0 Å². The number of carboxylic acids is 1. The van der Waals surface area contributed by atoms with Crippen LogP contribution in [-0.4, -0.2) is 25.5 Å². The number of hydrogen-bond donors (Lipinski definition) is 2. The lowest BCUT2D eigenvalue weighted by Crippen LogP contribution is -2.43. The van der Waals surface area contributed by atoms with E-state index in [1.807, 2.05) is 6.92 Å². The maximum atomic E-state index is 13.7. The second kappa shape index (κ2) is 5.14. The molecule has 0 unspecified atom stereocenters. The summed E-state index contributed by atoms with van der Waals surface area (Å²) in [6.45, 7) is 3.33. The Kier molecular flexibility index (Phi) is 3.84. The summed E-state index contributed by atoms with van der Waals surface area (Å²) in [4.78, 5) is 10.6. The molecule has 0 saturated heterocycles. The van der Waals surface area contributed by atoms with Gasteiger partial charge in [0, 0.05) is 11.6 Å². The van der Waals surface area contributed by atoms with Crippen LogP contribution in [0.3, 0.4) is 0 Å². The van der Waals surface area contributed by atoms with Crippen LogP contribution in [-0.2, 0) is 10.0 Å². The van der Waals surface area contributed by atoms with Crippen molar-refractivity contribution in [3.63, 3.8) is 0 Å². The number of nitrogens with one attached hydrogen (secondary N) is 1. The first-order valence-electron chi connectivity index (χ1n) is 6.26. The van der Waals surface area contributed by atoms with Gasteiger partial charge in [0.15, 0.2) is 0 Å². The maximum absolute atomic E-state index is 13.7. The second-order valence-electron chi connectivity index (χ2n) is 5.28. The Labute approximate surface area is 116 Å². The highest BCUT2D eigenvalue weighted by Crippen LogP contribution is 2.29. The first-order valence-corrected chi connectivity index (χ1v) is 7.75. The van der Waals surface area contributed by atoms with E-state index < -0.39 is 21.8 Å². The van der Waals surface area contributed by atoms with Crippen LogP contribution >= 0.6 is 0 Å². The van der Waals surface area contributed by atoms with Crippen molar-refractivity contribution in [1.82, 2.24) is 4.72 Å². The normalized spacial score (nSPS) is 22.4. The van der Waals surface area contributed by atoms with Gasteiger partial charge in [-0.2, -0.15) is 0 Å². The van der Waals surface area contributed by atoms with Gasteiger partial charge in [-0.05, 0) is 37.8 Å². The summed E-state index contributed by atoms with van der Waals surface area (Å²) >= 11 is 0. The van der Waals surface area contributed by atoms with E-state index in [1.165, 1.54) is 6.92 Å². The Bertz CT molecular complexity index is 651. The van der Waals surface area contributed by atoms with Crippen molar-refractivity contribution in [1.29, 1.82) is 0 Å². The molecular weight excluding hydrogens is 285 g/mol. The average molecular weight is 301 g/mol. The minimum absolute atomic E-state index is 0.0742. The minimum atomic E-state index is -3.91. The van der Waals surface area contributed by atoms with Crippen LogP contribution in [0.5, 0.6) is 0 Å². The number of carboxylic acid groups (broad SMARTS) is 1. The van der Waals surface area contributed by atoms with Crippen LogP contribution in [0.4, 0.5) is 4.39 Å². The van der Waals surface area contributed by atoms with Crippen molar-refractivity contribution >= 4 is 16.0 Å². The second-order valence-corrected chi connectivity index (χ2v) is 6.96. The molecule has 0 amide bonds. The highest BCUT2D eigenvalue weighted by atomic mass is 32.2. The van der Waals surface area contributed by atoms with Crippen LogP contribution in [0.2, 0.25) is 0 Å². The van der Waals surface area contributed by atoms with Gasteiger partial charge < -0.3 is 5.11 Å². The fourth-order valence-electron chi connectivity index (χ4n) is 2.34. The highest BCUT2D eigenvalue weighted by molar-refractivity contribution is 7.89. The number of rotatable bonds is 4. The molecule has 1 fully saturated rings. The summed E-state index contributed by atoms with van der Waals surface area (Å²) in [6.07, 6.45) is 1.47. The lowest BCUT2D eigenvalue weighted by atomic mass is 9.83. The Hall–Kier alpha value is -1.47. The molecule has 1 aromatic carbocycles. The molecule has 0 bridgehead atoms. The third kappa shape index (κ3) is 2.83. The van der Waals surface area contributed by atoms with Crippen molar-refractivity contribution < 1.29 is 22.7 Å². The monoisotopic (exact) mass is 301 g/mol. The quantitative estimate of drug-likeness (QED) is 0.890. The van der Waals surface area contributed by atoms with Crippen molar-refractivity contribution in [2.45, 2.75) is 37.6 Å². The minimum Gasteiger partial charge on any atom is -0.478 e. The molecule has 0 radical (unpaired) electrons. The Morgan fingerprint density at radius 3 is 2.50 bits per heavy atom. The van der Waals surface area contributed by atoms with Gasteiger partial charge in [0.05, 0.1) is 10.5 Å². The van der Waals surface area contributed by atoms with E-state index in [2.05, 4.69) is 4.72 Å². The van der Waals surface area contributed by atoms with E-state index in [0.29, 0.717) is 5.92 Å². The summed E-state index contributed by atoms with van der Waals surface area (Å²) in [5.41, 5.74) is -0.453. The summed E-state index contributed by atoms with van der Waals surface area (Å²) < 4.78 is 40.6. The van der Waals surface area contributed by atoms with E-state index in [9.17, 15) is 17.6 Å². The SMILES string of the molecule is Cc1c(F)cc(C(=O)O)cc1S(=O)(=O)NC1CC(C)C1. The van der Waals surface area contributed by atoms with Crippen molar-refractivity contribution in [2.24, 2.45) is 5.92 Å². The molecule has 0 aliphatic heterocycles. The summed E-state index contributed by atoms with van der Waals surface area (Å²) in [7, 11) is -3.91. The number of halogens is 1. The Morgan fingerprint density at radius 1 is 1.40 bits per heavy atom. The van der Waals surface area contributed by atoms with Crippen LogP contribution < -0.4 is 4.72 Å². The molecule has 0 spiro atoms. The standard InChI is InChI=1S/C13H16FNO4S/c1-7-3-10(4-7)15-20(18,19)12-6-9(13(16)17)5-11(14)8(12)2/h5-7,10,15H,3-4H2,1-2H3,(H,16,17). The van der Waals surface area contributed by atoms with Gasteiger partial charge in [-0.15, -0.1) is 0 Å². The Balaban J connectivity index is 2.37. The van der Waals surface area contributed by atoms with E-state index >= 15 is 0 Å². The van der Waals surface area contributed by atoms with E-state index in [-0.39, 0.29) is 22.1 Å². The smallest absolute Gasteiger partial charge is 0.335 e. The molecular formula is C13H16FNO4S. The predicted molar refractivity (Wildman–Crippen MR) is 70.6 cm³/mol. The summed E-state index contributed by atoms with van der Waals surface area (Å²) in [5, 5.41) is 8.88. The van der Waals surface area contributed by atoms with Crippen LogP contribution in [0, 0.1) is 18.7 Å². The number of sulfonamides is 1. The first kappa shape index (κ1) is 14.9. The van der Waals surface area contributed by atoms with Crippen molar-refractivity contribution in [2.75, 3.05) is 0 Å². The predicted octanol–water partition coefficient (Wildman–Crippen LogP) is 1.91. The third-order valence-corrected chi connectivity index (χ3v) is 5.18. The van der Waals surface area contributed by atoms with Gasteiger partial charge in [0.1, 0.15) is 5.82 Å². The molecule has 1 aliphatic rings. The van der Waals surface area contributed by atoms with Crippen LogP contribution in [0.15, 0.2) is 17.0 Å². The molecule has 1 aliphatic carbocycles. The zero-order valence-electron chi connectivity index (χ0n) is 11.2. The van der Waals surface area contributed by atoms with E-state index in [0.717, 1.165) is 25.0 Å². The molecule has 110 valence electrons. The van der Waals surface area contributed by atoms with Gasteiger partial charge in [0.25, 0.3) is 0 Å². The van der Waals surface area contributed by atoms with Gasteiger partial charge in [-0.1, -0.05) is 6.92 Å². The van der Waals surface area contributed by atoms with Gasteiger partial charge in [-0.25, -0.2) is 22.3 Å². The zero-order valence-corrected chi connectivity index (χ0v) is 12.0. The fourth-order valence-corrected chi connectivity index (χ4v) is 3.88. The summed E-state index contributed by atoms with van der Waals surface area (Å²) in [6, 6.07) is 1.65. The zero-order chi connectivity index (χ0) is 15.1. The number of hydrogen-bond acceptors (Lipinski definition) is 3. The van der Waals surface area contributed by atoms with Gasteiger partial charge >= 0.3 is 5.97 Å². The van der Waals surface area contributed by atoms with Crippen molar-refractivity contribution in [3.8, 4) is 0 Å². The third-order valence-electron chi connectivity index (χ3n) is 3.53. The summed E-state index contributed by atoms with van der Waals surface area (Å²) in [5.74, 6) is -1.74. The molecule has 20 heavy (non-hydrogen) atoms. The largest absolute Gasteiger partial charge is 0.478 e. The Morgan fingerprint density at radius 2 is 2.00 bits per heavy atom. The topological polar surface area (TPSA) is 83.5 Å². The number of carbonyl (C=O) groups is 1. The molecule has 0 atom stereocenters. The highest BCUT2D eigenvalue weighted by Gasteiger charge is 2.31. The molecule has 0 heterocycles. The van der Waals surface area contributed by atoms with Gasteiger partial charge in [-0.3, -0.25) is 0 Å². The van der Waals surface area contributed by atoms with Crippen molar-refractivity contribution in [3.05, 3.63) is 29.1 Å².